The zero-order chi connectivity index (χ0) is 27.8. The standard InChI is InChI=1S/C24H41NO4.C4H4O4/c1-18(2)21-9-7-19(3)15-23(21)29-14-12-25(4)11-13-28-17-20-8-10-22(26-5)24(16-20)27-6;5-3(6)1-2-4(7)8/h8,10,16,18-19,21,23H,7,9,11-15,17H2,1-6H3;1-2H,(H,5,6)(H,7,8)/b;2-1+/t19-,21+,23-;/m1./s1. The third-order valence-electron chi connectivity index (χ3n) is 6.47. The van der Waals surface area contributed by atoms with Gasteiger partial charge in [-0.15, -0.1) is 0 Å². The third-order valence-corrected chi connectivity index (χ3v) is 6.47. The van der Waals surface area contributed by atoms with Crippen LogP contribution >= 0.6 is 0 Å². The highest BCUT2D eigenvalue weighted by molar-refractivity contribution is 5.89. The molecule has 0 amide bonds. The Bertz CT molecular complexity index is 825. The summed E-state index contributed by atoms with van der Waals surface area (Å²) in [5, 5.41) is 15.6. The van der Waals surface area contributed by atoms with E-state index in [1.54, 1.807) is 14.2 Å². The molecule has 1 aliphatic carbocycles. The van der Waals surface area contributed by atoms with Crippen LogP contribution in [-0.4, -0.2) is 80.7 Å². The van der Waals surface area contributed by atoms with Crippen LogP contribution in [0.15, 0.2) is 30.4 Å². The number of rotatable bonds is 14. The molecule has 0 aliphatic heterocycles. The zero-order valence-corrected chi connectivity index (χ0v) is 23.1. The topological polar surface area (TPSA) is 115 Å². The first-order valence-electron chi connectivity index (χ1n) is 12.8. The number of aliphatic carboxylic acids is 2. The molecule has 2 N–H and O–H groups in total. The molecule has 0 bridgehead atoms. The molecule has 1 aromatic rings. The van der Waals surface area contributed by atoms with Crippen molar-refractivity contribution in [2.24, 2.45) is 17.8 Å². The normalized spacial score (nSPS) is 19.5. The van der Waals surface area contributed by atoms with Crippen molar-refractivity contribution in [1.82, 2.24) is 4.90 Å². The summed E-state index contributed by atoms with van der Waals surface area (Å²) >= 11 is 0. The van der Waals surface area contributed by atoms with Gasteiger partial charge in [-0.3, -0.25) is 0 Å². The number of carboxylic acid groups (broad SMARTS) is 2. The van der Waals surface area contributed by atoms with Crippen molar-refractivity contribution in [2.75, 3.05) is 47.6 Å². The number of carbonyl (C=O) groups is 2. The van der Waals surface area contributed by atoms with E-state index in [4.69, 9.17) is 29.2 Å². The van der Waals surface area contributed by atoms with Crippen LogP contribution < -0.4 is 9.47 Å². The molecule has 1 fully saturated rings. The molecule has 0 radical (unpaired) electrons. The molecule has 210 valence electrons. The molecule has 9 heteroatoms. The molecule has 0 saturated heterocycles. The van der Waals surface area contributed by atoms with Crippen molar-refractivity contribution < 1.29 is 38.7 Å². The fourth-order valence-electron chi connectivity index (χ4n) is 4.30. The number of ether oxygens (including phenoxy) is 4. The van der Waals surface area contributed by atoms with Crippen LogP contribution in [0.25, 0.3) is 0 Å². The number of nitrogens with zero attached hydrogens (tertiary/aromatic N) is 1. The van der Waals surface area contributed by atoms with Gasteiger partial charge in [0.2, 0.25) is 0 Å². The number of carboxylic acids is 2. The van der Waals surface area contributed by atoms with Crippen LogP contribution in [0.4, 0.5) is 0 Å². The summed E-state index contributed by atoms with van der Waals surface area (Å²) in [5.74, 6) is 1.16. The van der Waals surface area contributed by atoms with E-state index >= 15 is 0 Å². The Morgan fingerprint density at radius 3 is 2.22 bits per heavy atom. The summed E-state index contributed by atoms with van der Waals surface area (Å²) in [7, 11) is 5.43. The van der Waals surface area contributed by atoms with Crippen LogP contribution in [0.5, 0.6) is 11.5 Å². The lowest BCUT2D eigenvalue weighted by molar-refractivity contribution is -0.134. The number of benzene rings is 1. The Morgan fingerprint density at radius 1 is 1.03 bits per heavy atom. The minimum absolute atomic E-state index is 0.424. The summed E-state index contributed by atoms with van der Waals surface area (Å²) in [6, 6.07) is 5.89. The lowest BCUT2D eigenvalue weighted by Gasteiger charge is -2.37. The van der Waals surface area contributed by atoms with Gasteiger partial charge in [0, 0.05) is 25.2 Å². The largest absolute Gasteiger partial charge is 0.493 e. The lowest BCUT2D eigenvalue weighted by atomic mass is 9.75. The van der Waals surface area contributed by atoms with Crippen LogP contribution in [0.3, 0.4) is 0 Å². The molecular weight excluding hydrogens is 478 g/mol. The second-order valence-electron chi connectivity index (χ2n) is 9.79. The maximum Gasteiger partial charge on any atom is 0.328 e. The number of hydrogen-bond donors (Lipinski definition) is 2. The van der Waals surface area contributed by atoms with Gasteiger partial charge in [-0.25, -0.2) is 9.59 Å². The van der Waals surface area contributed by atoms with Gasteiger partial charge in [-0.05, 0) is 55.3 Å². The molecular formula is C28H45NO8. The molecule has 1 aromatic carbocycles. The van der Waals surface area contributed by atoms with Gasteiger partial charge in [-0.2, -0.15) is 0 Å². The zero-order valence-electron chi connectivity index (χ0n) is 23.1. The predicted octanol–water partition coefficient (Wildman–Crippen LogP) is 4.34. The fourth-order valence-corrected chi connectivity index (χ4v) is 4.30. The molecule has 0 unspecified atom stereocenters. The molecule has 2 rings (SSSR count). The average molecular weight is 524 g/mol. The average Bonchev–Trinajstić information content (AvgIpc) is 2.85. The molecule has 1 saturated carbocycles. The number of hydrogen-bond acceptors (Lipinski definition) is 7. The van der Waals surface area contributed by atoms with Gasteiger partial charge in [0.15, 0.2) is 11.5 Å². The van der Waals surface area contributed by atoms with E-state index in [0.29, 0.717) is 43.3 Å². The Kier molecular flexibility index (Phi) is 15.6. The molecule has 3 atom stereocenters. The number of methoxy groups -OCH3 is 2. The van der Waals surface area contributed by atoms with Crippen molar-refractivity contribution >= 4 is 11.9 Å². The summed E-state index contributed by atoms with van der Waals surface area (Å²) in [6.07, 6.45) is 5.41. The Balaban J connectivity index is 0.000000738. The van der Waals surface area contributed by atoms with Crippen LogP contribution in [0.2, 0.25) is 0 Å². The number of likely N-dealkylation sites (N-methyl/N-ethyl adjacent to an activating group) is 1. The smallest absolute Gasteiger partial charge is 0.328 e. The van der Waals surface area contributed by atoms with Gasteiger partial charge in [0.1, 0.15) is 0 Å². The van der Waals surface area contributed by atoms with Crippen molar-refractivity contribution in [1.29, 1.82) is 0 Å². The first kappa shape index (κ1) is 32.4. The molecule has 0 aromatic heterocycles. The summed E-state index contributed by atoms with van der Waals surface area (Å²) in [5.41, 5.74) is 1.08. The van der Waals surface area contributed by atoms with E-state index in [1.165, 1.54) is 19.3 Å². The highest BCUT2D eigenvalue weighted by Gasteiger charge is 2.31. The minimum atomic E-state index is -1.26. The predicted molar refractivity (Wildman–Crippen MR) is 142 cm³/mol. The second kappa shape index (κ2) is 17.8. The van der Waals surface area contributed by atoms with Gasteiger partial charge in [0.25, 0.3) is 0 Å². The summed E-state index contributed by atoms with van der Waals surface area (Å²) in [6.45, 7) is 10.9. The first-order chi connectivity index (χ1) is 17.6. The third kappa shape index (κ3) is 13.5. The Morgan fingerprint density at radius 2 is 1.65 bits per heavy atom. The Hall–Kier alpha value is -2.62. The molecule has 0 heterocycles. The van der Waals surface area contributed by atoms with Crippen LogP contribution in [0.1, 0.15) is 45.6 Å². The molecule has 9 nitrogen and oxygen atoms in total. The van der Waals surface area contributed by atoms with Crippen LogP contribution in [-0.2, 0) is 25.7 Å². The summed E-state index contributed by atoms with van der Waals surface area (Å²) < 4.78 is 22.8. The van der Waals surface area contributed by atoms with Crippen molar-refractivity contribution in [3.8, 4) is 11.5 Å². The van der Waals surface area contributed by atoms with Gasteiger partial charge in [0.05, 0.1) is 40.1 Å². The maximum atomic E-state index is 9.55. The van der Waals surface area contributed by atoms with E-state index < -0.39 is 11.9 Å². The van der Waals surface area contributed by atoms with E-state index in [9.17, 15) is 9.59 Å². The highest BCUT2D eigenvalue weighted by Crippen LogP contribution is 2.35. The first-order valence-corrected chi connectivity index (χ1v) is 12.8. The van der Waals surface area contributed by atoms with Gasteiger partial charge >= 0.3 is 11.9 Å². The maximum absolute atomic E-state index is 9.55. The lowest BCUT2D eigenvalue weighted by Crippen LogP contribution is -2.36. The highest BCUT2D eigenvalue weighted by atomic mass is 16.5. The minimum Gasteiger partial charge on any atom is -0.493 e. The van der Waals surface area contributed by atoms with Crippen molar-refractivity contribution in [3.63, 3.8) is 0 Å². The van der Waals surface area contributed by atoms with E-state index in [1.807, 2.05) is 18.2 Å². The van der Waals surface area contributed by atoms with E-state index in [-0.39, 0.29) is 0 Å². The quantitative estimate of drug-likeness (QED) is 0.271. The van der Waals surface area contributed by atoms with Crippen LogP contribution in [0, 0.1) is 17.8 Å². The van der Waals surface area contributed by atoms with E-state index in [2.05, 4.69) is 32.7 Å². The van der Waals surface area contributed by atoms with E-state index in [0.717, 1.165) is 42.7 Å². The van der Waals surface area contributed by atoms with Gasteiger partial charge in [-0.1, -0.05) is 33.3 Å². The SMILES string of the molecule is COc1ccc(COCCN(C)CCO[C@@H]2C[C@H](C)CC[C@H]2C(C)C)cc1OC.O=C(O)/C=C/C(=O)O. The summed E-state index contributed by atoms with van der Waals surface area (Å²) in [4.78, 5) is 21.4. The fraction of sp³-hybridized carbons (Fsp3) is 0.643. The molecule has 37 heavy (non-hydrogen) atoms. The van der Waals surface area contributed by atoms with Crippen molar-refractivity contribution in [2.45, 2.75) is 52.7 Å². The Labute approximate surface area is 221 Å². The second-order valence-corrected chi connectivity index (χ2v) is 9.79. The van der Waals surface area contributed by atoms with Crippen molar-refractivity contribution in [3.05, 3.63) is 35.9 Å². The van der Waals surface area contributed by atoms with Gasteiger partial charge < -0.3 is 34.1 Å². The molecule has 0 spiro atoms. The monoisotopic (exact) mass is 523 g/mol. The molecule has 1 aliphatic rings.